The third-order valence-electron chi connectivity index (χ3n) is 5.04. The molecular formula is C19H15ClF2N4O. The zero-order valence-corrected chi connectivity index (χ0v) is 14.8. The van der Waals surface area contributed by atoms with E-state index in [0.29, 0.717) is 22.2 Å². The summed E-state index contributed by atoms with van der Waals surface area (Å²) >= 11 is 6.20. The lowest BCUT2D eigenvalue weighted by Gasteiger charge is -2.36. The first-order valence-electron chi connectivity index (χ1n) is 8.63. The number of pyridine rings is 1. The van der Waals surface area contributed by atoms with Crippen molar-refractivity contribution >= 4 is 23.0 Å². The van der Waals surface area contributed by atoms with Crippen molar-refractivity contribution < 1.29 is 13.9 Å². The van der Waals surface area contributed by atoms with Crippen LogP contribution in [0.2, 0.25) is 5.02 Å². The minimum atomic E-state index is -2.76. The Morgan fingerprint density at radius 3 is 2.67 bits per heavy atom. The Hall–Kier alpha value is -2.51. The SMILES string of the molecule is OC1c2ncn(C(F)F)c2-c2ccc(Cl)cc2N1c1cccnc1C1CC1. The van der Waals surface area contributed by atoms with Gasteiger partial charge in [0.2, 0.25) is 0 Å². The summed E-state index contributed by atoms with van der Waals surface area (Å²) in [5.41, 5.74) is 3.13. The van der Waals surface area contributed by atoms with E-state index in [1.807, 2.05) is 6.07 Å². The maximum atomic E-state index is 13.5. The molecule has 2 aliphatic rings. The monoisotopic (exact) mass is 388 g/mol. The van der Waals surface area contributed by atoms with Crippen LogP contribution in [0.4, 0.5) is 20.2 Å². The van der Waals surface area contributed by atoms with Crippen LogP contribution in [0.1, 0.15) is 42.9 Å². The van der Waals surface area contributed by atoms with E-state index in [2.05, 4.69) is 9.97 Å². The minimum absolute atomic E-state index is 0.190. The number of benzene rings is 1. The Bertz CT molecular complexity index is 1030. The Labute approximate surface area is 158 Å². The van der Waals surface area contributed by atoms with Crippen molar-refractivity contribution in [3.05, 3.63) is 59.3 Å². The van der Waals surface area contributed by atoms with Gasteiger partial charge in [0.25, 0.3) is 0 Å². The van der Waals surface area contributed by atoms with Crippen LogP contribution >= 0.6 is 11.6 Å². The van der Waals surface area contributed by atoms with Crippen LogP contribution in [0.5, 0.6) is 0 Å². The number of aliphatic hydroxyl groups excluding tert-OH is 1. The zero-order chi connectivity index (χ0) is 18.7. The molecule has 1 N–H and O–H groups in total. The molecule has 5 rings (SSSR count). The first-order valence-corrected chi connectivity index (χ1v) is 9.01. The fourth-order valence-corrected chi connectivity index (χ4v) is 3.86. The highest BCUT2D eigenvalue weighted by molar-refractivity contribution is 6.31. The molecule has 1 fully saturated rings. The largest absolute Gasteiger partial charge is 0.368 e. The van der Waals surface area contributed by atoms with E-state index in [4.69, 9.17) is 11.6 Å². The van der Waals surface area contributed by atoms with Gasteiger partial charge >= 0.3 is 6.55 Å². The lowest BCUT2D eigenvalue weighted by molar-refractivity contribution is 0.0714. The lowest BCUT2D eigenvalue weighted by atomic mass is 9.99. The molecule has 3 aromatic rings. The Kier molecular flexibility index (Phi) is 3.70. The molecule has 0 radical (unpaired) electrons. The molecule has 8 heteroatoms. The maximum absolute atomic E-state index is 13.5. The second kappa shape index (κ2) is 6.00. The first-order chi connectivity index (χ1) is 13.1. The molecule has 1 atom stereocenters. The number of aromatic nitrogens is 3. The second-order valence-electron chi connectivity index (χ2n) is 6.75. The number of aliphatic hydroxyl groups is 1. The van der Waals surface area contributed by atoms with E-state index in [0.717, 1.165) is 35.1 Å². The molecule has 0 spiro atoms. The summed E-state index contributed by atoms with van der Waals surface area (Å²) in [6, 6.07) is 8.68. The quantitative estimate of drug-likeness (QED) is 0.685. The Morgan fingerprint density at radius 1 is 1.11 bits per heavy atom. The normalized spacial score (nSPS) is 18.6. The molecule has 138 valence electrons. The molecule has 1 aliphatic heterocycles. The van der Waals surface area contributed by atoms with Gasteiger partial charge in [-0.05, 0) is 43.2 Å². The summed E-state index contributed by atoms with van der Waals surface area (Å²) < 4.78 is 27.7. The van der Waals surface area contributed by atoms with Crippen molar-refractivity contribution in [1.29, 1.82) is 0 Å². The predicted octanol–water partition coefficient (Wildman–Crippen LogP) is 5.01. The summed E-state index contributed by atoms with van der Waals surface area (Å²) in [5.74, 6) is 0.344. The smallest absolute Gasteiger partial charge is 0.320 e. The summed E-state index contributed by atoms with van der Waals surface area (Å²) in [6.07, 6.45) is 3.66. The average Bonchev–Trinajstić information content (AvgIpc) is 3.39. The summed E-state index contributed by atoms with van der Waals surface area (Å²) in [4.78, 5) is 10.3. The molecular weight excluding hydrogens is 374 g/mol. The number of hydrogen-bond acceptors (Lipinski definition) is 4. The molecule has 0 bridgehead atoms. The number of halogens is 3. The van der Waals surface area contributed by atoms with E-state index in [9.17, 15) is 13.9 Å². The average molecular weight is 389 g/mol. The van der Waals surface area contributed by atoms with Gasteiger partial charge in [-0.3, -0.25) is 9.55 Å². The van der Waals surface area contributed by atoms with Crippen molar-refractivity contribution in [3.8, 4) is 11.3 Å². The van der Waals surface area contributed by atoms with E-state index in [1.54, 1.807) is 35.4 Å². The third-order valence-corrected chi connectivity index (χ3v) is 5.27. The van der Waals surface area contributed by atoms with Crippen LogP contribution in [0, 0.1) is 0 Å². The highest BCUT2D eigenvalue weighted by atomic mass is 35.5. The molecule has 5 nitrogen and oxygen atoms in total. The fraction of sp³-hybridized carbons (Fsp3) is 0.263. The third kappa shape index (κ3) is 2.53. The van der Waals surface area contributed by atoms with Crippen LogP contribution in [-0.2, 0) is 0 Å². The van der Waals surface area contributed by atoms with E-state index in [-0.39, 0.29) is 11.4 Å². The van der Waals surface area contributed by atoms with Crippen molar-refractivity contribution in [2.75, 3.05) is 4.90 Å². The van der Waals surface area contributed by atoms with Gasteiger partial charge < -0.3 is 10.0 Å². The standard InChI is InChI=1S/C19H15ClF2N4O/c20-11-5-6-12-14(8-11)26(13-2-1-7-23-15(13)10-3-4-10)18(27)16-17(12)25(9-24-16)19(21)22/h1-2,5-10,18-19,27H,3-4H2. The molecule has 0 saturated heterocycles. The highest BCUT2D eigenvalue weighted by Crippen LogP contribution is 2.51. The number of fused-ring (bicyclic) bond motifs is 3. The first kappa shape index (κ1) is 16.6. The topological polar surface area (TPSA) is 54.2 Å². The van der Waals surface area contributed by atoms with E-state index >= 15 is 0 Å². The number of hydrogen-bond donors (Lipinski definition) is 1. The van der Waals surface area contributed by atoms with Gasteiger partial charge in [-0.1, -0.05) is 11.6 Å². The van der Waals surface area contributed by atoms with Crippen LogP contribution in [0.25, 0.3) is 11.3 Å². The molecule has 1 aromatic carbocycles. The zero-order valence-electron chi connectivity index (χ0n) is 14.1. The molecule has 3 heterocycles. The second-order valence-corrected chi connectivity index (χ2v) is 7.19. The molecule has 2 aromatic heterocycles. The minimum Gasteiger partial charge on any atom is -0.368 e. The number of nitrogens with zero attached hydrogens (tertiary/aromatic N) is 4. The van der Waals surface area contributed by atoms with Gasteiger partial charge in [0, 0.05) is 22.7 Å². The summed E-state index contributed by atoms with van der Waals surface area (Å²) in [7, 11) is 0. The molecule has 1 aliphatic carbocycles. The Morgan fingerprint density at radius 2 is 1.93 bits per heavy atom. The van der Waals surface area contributed by atoms with Gasteiger partial charge in [-0.25, -0.2) is 4.98 Å². The van der Waals surface area contributed by atoms with Crippen LogP contribution in [0.3, 0.4) is 0 Å². The van der Waals surface area contributed by atoms with Crippen molar-refractivity contribution in [3.63, 3.8) is 0 Å². The Balaban J connectivity index is 1.76. The number of rotatable bonds is 3. The van der Waals surface area contributed by atoms with Gasteiger partial charge in [0.05, 0.1) is 22.8 Å². The molecule has 27 heavy (non-hydrogen) atoms. The van der Waals surface area contributed by atoms with Crippen molar-refractivity contribution in [2.45, 2.75) is 31.5 Å². The van der Waals surface area contributed by atoms with Crippen molar-refractivity contribution in [2.24, 2.45) is 0 Å². The number of alkyl halides is 2. The molecule has 1 unspecified atom stereocenters. The lowest BCUT2D eigenvalue weighted by Crippen LogP contribution is -2.29. The number of imidazole rings is 1. The molecule has 1 saturated carbocycles. The van der Waals surface area contributed by atoms with Gasteiger partial charge in [-0.15, -0.1) is 0 Å². The van der Waals surface area contributed by atoms with Crippen LogP contribution in [0.15, 0.2) is 42.9 Å². The summed E-state index contributed by atoms with van der Waals surface area (Å²) in [6.45, 7) is -2.76. The fourth-order valence-electron chi connectivity index (χ4n) is 3.69. The van der Waals surface area contributed by atoms with E-state index < -0.39 is 12.8 Å². The van der Waals surface area contributed by atoms with Crippen LogP contribution in [-0.4, -0.2) is 19.6 Å². The van der Waals surface area contributed by atoms with Crippen LogP contribution < -0.4 is 4.90 Å². The number of anilines is 2. The van der Waals surface area contributed by atoms with Gasteiger partial charge in [0.15, 0.2) is 6.23 Å². The summed E-state index contributed by atoms with van der Waals surface area (Å²) in [5, 5.41) is 11.5. The van der Waals surface area contributed by atoms with E-state index in [1.165, 1.54) is 0 Å². The highest BCUT2D eigenvalue weighted by Gasteiger charge is 2.38. The van der Waals surface area contributed by atoms with Crippen molar-refractivity contribution in [1.82, 2.24) is 14.5 Å². The maximum Gasteiger partial charge on any atom is 0.320 e. The predicted molar refractivity (Wildman–Crippen MR) is 97.2 cm³/mol. The van der Waals surface area contributed by atoms with Gasteiger partial charge in [-0.2, -0.15) is 8.78 Å². The van der Waals surface area contributed by atoms with Gasteiger partial charge in [0.1, 0.15) is 12.0 Å². The molecule has 0 amide bonds.